The molecule has 1 heterocycles. The van der Waals surface area contributed by atoms with Crippen molar-refractivity contribution < 1.29 is 19.1 Å². The second-order valence-corrected chi connectivity index (χ2v) is 6.63. The Balaban J connectivity index is 1.74. The molecule has 0 fully saturated rings. The number of amides is 2. The summed E-state index contributed by atoms with van der Waals surface area (Å²) in [4.78, 5) is 25.0. The van der Waals surface area contributed by atoms with E-state index in [0.717, 1.165) is 5.56 Å². The van der Waals surface area contributed by atoms with Gasteiger partial charge in [-0.3, -0.25) is 9.59 Å². The number of nitrogens with one attached hydrogen (secondary N) is 1. The molecule has 0 bridgehead atoms. The Morgan fingerprint density at radius 1 is 1.17 bits per heavy atom. The van der Waals surface area contributed by atoms with E-state index in [9.17, 15) is 9.59 Å². The fourth-order valence-electron chi connectivity index (χ4n) is 3.08. The number of methoxy groups -OCH3 is 1. The number of carbonyl (C=O) groups is 2. The zero-order valence-electron chi connectivity index (χ0n) is 16.8. The van der Waals surface area contributed by atoms with Crippen LogP contribution in [-0.4, -0.2) is 31.2 Å². The molecular formula is C22H25N3O4. The summed E-state index contributed by atoms with van der Waals surface area (Å²) in [6.07, 6.45) is 0.555. The first kappa shape index (κ1) is 20.4. The van der Waals surface area contributed by atoms with Gasteiger partial charge in [0.15, 0.2) is 11.5 Å². The summed E-state index contributed by atoms with van der Waals surface area (Å²) in [5.41, 5.74) is 1.86. The van der Waals surface area contributed by atoms with Crippen molar-refractivity contribution in [2.45, 2.75) is 32.7 Å². The van der Waals surface area contributed by atoms with Crippen LogP contribution in [0.25, 0.3) is 0 Å². The van der Waals surface area contributed by atoms with E-state index in [4.69, 9.17) is 9.47 Å². The van der Waals surface area contributed by atoms with Crippen molar-refractivity contribution in [3.05, 3.63) is 54.1 Å². The zero-order chi connectivity index (χ0) is 20.8. The van der Waals surface area contributed by atoms with Gasteiger partial charge in [-0.2, -0.15) is 5.10 Å². The van der Waals surface area contributed by atoms with Crippen molar-refractivity contribution in [3.8, 4) is 11.5 Å². The van der Waals surface area contributed by atoms with Crippen LogP contribution in [0, 0.1) is 0 Å². The number of hydrogen-bond acceptors (Lipinski definition) is 5. The summed E-state index contributed by atoms with van der Waals surface area (Å²) in [6, 6.07) is 14.4. The number of anilines is 1. The maximum Gasteiger partial charge on any atom is 0.267 e. The summed E-state index contributed by atoms with van der Waals surface area (Å²) >= 11 is 0. The molecule has 3 rings (SSSR count). The number of benzene rings is 2. The first-order valence-corrected chi connectivity index (χ1v) is 9.60. The Morgan fingerprint density at radius 2 is 1.93 bits per heavy atom. The predicted octanol–water partition coefficient (Wildman–Crippen LogP) is 3.45. The van der Waals surface area contributed by atoms with Gasteiger partial charge < -0.3 is 14.8 Å². The molecular weight excluding hydrogens is 370 g/mol. The van der Waals surface area contributed by atoms with Crippen molar-refractivity contribution >= 4 is 23.2 Å². The van der Waals surface area contributed by atoms with Gasteiger partial charge in [0.25, 0.3) is 5.91 Å². The number of hydrazone groups is 1. The molecule has 2 aromatic carbocycles. The average molecular weight is 395 g/mol. The maximum atomic E-state index is 12.8. The molecule has 1 aliphatic heterocycles. The lowest BCUT2D eigenvalue weighted by atomic mass is 10.1. The van der Waals surface area contributed by atoms with Gasteiger partial charge in [-0.1, -0.05) is 24.3 Å². The fourth-order valence-corrected chi connectivity index (χ4v) is 3.08. The molecule has 1 atom stereocenters. The van der Waals surface area contributed by atoms with Crippen molar-refractivity contribution in [2.24, 2.45) is 5.10 Å². The molecule has 2 amide bonds. The molecule has 0 saturated carbocycles. The smallest absolute Gasteiger partial charge is 0.267 e. The van der Waals surface area contributed by atoms with Crippen molar-refractivity contribution in [2.75, 3.05) is 18.7 Å². The average Bonchev–Trinajstić information content (AvgIpc) is 2.75. The fraction of sp³-hybridized carbons (Fsp3) is 0.318. The van der Waals surface area contributed by atoms with Gasteiger partial charge in [0, 0.05) is 12.8 Å². The molecule has 0 unspecified atom stereocenters. The summed E-state index contributed by atoms with van der Waals surface area (Å²) < 4.78 is 10.9. The third kappa shape index (κ3) is 4.74. The van der Waals surface area contributed by atoms with Crippen LogP contribution in [-0.2, 0) is 9.59 Å². The Morgan fingerprint density at radius 3 is 2.62 bits per heavy atom. The molecule has 29 heavy (non-hydrogen) atoms. The lowest BCUT2D eigenvalue weighted by molar-refractivity contribution is -0.119. The van der Waals surface area contributed by atoms with Crippen LogP contribution in [0.1, 0.15) is 38.3 Å². The van der Waals surface area contributed by atoms with E-state index in [0.29, 0.717) is 35.9 Å². The number of ether oxygens (including phenoxy) is 2. The van der Waals surface area contributed by atoms with Gasteiger partial charge in [-0.25, -0.2) is 5.01 Å². The molecule has 1 N–H and O–H groups in total. The summed E-state index contributed by atoms with van der Waals surface area (Å²) in [7, 11) is 1.58. The standard InChI is InChI=1S/C22H25N3O4/c1-4-29-19-12-10-16(14-20(19)28-3)15(2)23-22(27)18-11-13-21(26)25(24-18)17-8-6-5-7-9-17/h5-10,12,14-15H,4,11,13H2,1-3H3,(H,23,27)/t15-/m0/s1. The van der Waals surface area contributed by atoms with Crippen LogP contribution in [0.4, 0.5) is 5.69 Å². The Bertz CT molecular complexity index is 912. The number of rotatable bonds is 7. The van der Waals surface area contributed by atoms with E-state index < -0.39 is 0 Å². The van der Waals surface area contributed by atoms with E-state index >= 15 is 0 Å². The Kier molecular flexibility index (Phi) is 6.49. The van der Waals surface area contributed by atoms with E-state index in [-0.39, 0.29) is 24.3 Å². The normalized spacial score (nSPS) is 14.8. The highest BCUT2D eigenvalue weighted by Gasteiger charge is 2.26. The third-order valence-corrected chi connectivity index (χ3v) is 4.63. The minimum absolute atomic E-state index is 0.128. The molecule has 7 heteroatoms. The van der Waals surface area contributed by atoms with Crippen molar-refractivity contribution in [1.82, 2.24) is 5.32 Å². The number of nitrogens with zero attached hydrogens (tertiary/aromatic N) is 2. The molecule has 0 spiro atoms. The molecule has 0 aromatic heterocycles. The molecule has 2 aromatic rings. The molecule has 7 nitrogen and oxygen atoms in total. The monoisotopic (exact) mass is 395 g/mol. The third-order valence-electron chi connectivity index (χ3n) is 4.63. The van der Waals surface area contributed by atoms with E-state index in [1.807, 2.05) is 50.2 Å². The molecule has 0 saturated heterocycles. The number of carbonyl (C=O) groups excluding carboxylic acids is 2. The highest BCUT2D eigenvalue weighted by molar-refractivity contribution is 6.40. The maximum absolute atomic E-state index is 12.8. The van der Waals surface area contributed by atoms with Crippen molar-refractivity contribution in [3.63, 3.8) is 0 Å². The summed E-state index contributed by atoms with van der Waals surface area (Å²) in [5, 5.41) is 8.54. The van der Waals surface area contributed by atoms with Gasteiger partial charge in [0.2, 0.25) is 5.91 Å². The predicted molar refractivity (Wildman–Crippen MR) is 111 cm³/mol. The van der Waals surface area contributed by atoms with Gasteiger partial charge in [-0.05, 0) is 43.7 Å². The largest absolute Gasteiger partial charge is 0.493 e. The van der Waals surface area contributed by atoms with Crippen LogP contribution >= 0.6 is 0 Å². The van der Waals surface area contributed by atoms with Crippen LogP contribution in [0.5, 0.6) is 11.5 Å². The van der Waals surface area contributed by atoms with Crippen LogP contribution in [0.3, 0.4) is 0 Å². The first-order chi connectivity index (χ1) is 14.0. The van der Waals surface area contributed by atoms with Crippen LogP contribution in [0.2, 0.25) is 0 Å². The Labute approximate surface area is 170 Å². The lowest BCUT2D eigenvalue weighted by Gasteiger charge is -2.24. The van der Waals surface area contributed by atoms with Gasteiger partial charge in [0.1, 0.15) is 5.71 Å². The first-order valence-electron chi connectivity index (χ1n) is 9.60. The highest BCUT2D eigenvalue weighted by Crippen LogP contribution is 2.30. The van der Waals surface area contributed by atoms with E-state index in [2.05, 4.69) is 10.4 Å². The van der Waals surface area contributed by atoms with E-state index in [1.54, 1.807) is 19.2 Å². The van der Waals surface area contributed by atoms with Gasteiger partial charge >= 0.3 is 0 Å². The molecule has 1 aliphatic rings. The Hall–Kier alpha value is -3.35. The molecule has 0 aliphatic carbocycles. The van der Waals surface area contributed by atoms with Crippen LogP contribution in [0.15, 0.2) is 53.6 Å². The quantitative estimate of drug-likeness (QED) is 0.779. The van der Waals surface area contributed by atoms with Crippen LogP contribution < -0.4 is 19.8 Å². The van der Waals surface area contributed by atoms with Gasteiger partial charge in [0.05, 0.1) is 25.4 Å². The number of para-hydroxylation sites is 1. The summed E-state index contributed by atoms with van der Waals surface area (Å²) in [6.45, 7) is 4.33. The zero-order valence-corrected chi connectivity index (χ0v) is 16.8. The topological polar surface area (TPSA) is 80.2 Å². The molecule has 0 radical (unpaired) electrons. The second-order valence-electron chi connectivity index (χ2n) is 6.63. The summed E-state index contributed by atoms with van der Waals surface area (Å²) in [5.74, 6) is 0.850. The second kappa shape index (κ2) is 9.23. The SMILES string of the molecule is CCOc1ccc([C@H](C)NC(=O)C2=NN(c3ccccc3)C(=O)CC2)cc1OC. The van der Waals surface area contributed by atoms with E-state index in [1.165, 1.54) is 5.01 Å². The number of hydrogen-bond donors (Lipinski definition) is 1. The molecule has 152 valence electrons. The minimum Gasteiger partial charge on any atom is -0.493 e. The highest BCUT2D eigenvalue weighted by atomic mass is 16.5. The van der Waals surface area contributed by atoms with Crippen molar-refractivity contribution in [1.29, 1.82) is 0 Å². The lowest BCUT2D eigenvalue weighted by Crippen LogP contribution is -2.39. The van der Waals surface area contributed by atoms with Gasteiger partial charge in [-0.15, -0.1) is 0 Å². The minimum atomic E-state index is -0.293.